The Hall–Kier alpha value is -1.19. The third kappa shape index (κ3) is 4.39. The Bertz CT molecular complexity index is 646. The van der Waals surface area contributed by atoms with Crippen LogP contribution in [0.4, 0.5) is 0 Å². The van der Waals surface area contributed by atoms with E-state index in [9.17, 15) is 0 Å². The van der Waals surface area contributed by atoms with Gasteiger partial charge < -0.3 is 9.05 Å². The first kappa shape index (κ1) is 16.2. The molecule has 0 saturated carbocycles. The van der Waals surface area contributed by atoms with Gasteiger partial charge in [0, 0.05) is 0 Å². The van der Waals surface area contributed by atoms with Crippen LogP contribution in [0.25, 0.3) is 11.1 Å². The van der Waals surface area contributed by atoms with Crippen molar-refractivity contribution in [1.29, 1.82) is 0 Å². The van der Waals surface area contributed by atoms with E-state index in [2.05, 4.69) is 18.2 Å². The summed E-state index contributed by atoms with van der Waals surface area (Å²) in [5.41, 5.74) is 9.24. The molecule has 0 aliphatic rings. The normalized spacial score (nSPS) is 13.7. The molecule has 0 aromatic heterocycles. The molecular weight excluding hydrogens is 301 g/mol. The minimum atomic E-state index is -2.74. The van der Waals surface area contributed by atoms with E-state index in [1.54, 1.807) is 0 Å². The minimum absolute atomic E-state index is 0.519. The first-order valence-corrected chi connectivity index (χ1v) is 9.62. The van der Waals surface area contributed by atoms with E-state index in [1.165, 1.54) is 0 Å². The summed E-state index contributed by atoms with van der Waals surface area (Å²) in [6.45, 7) is 1.80. The topological polar surface area (TPSA) is 44.5 Å². The predicted octanol–water partition coefficient (Wildman–Crippen LogP) is 4.65. The molecule has 0 unspecified atom stereocenters. The van der Waals surface area contributed by atoms with Crippen molar-refractivity contribution >= 4 is 18.4 Å². The maximum absolute atomic E-state index is 5.97. The summed E-state index contributed by atoms with van der Waals surface area (Å²) in [6, 6.07) is 16.0. The maximum atomic E-state index is 5.97. The Morgan fingerprint density at radius 1 is 1.10 bits per heavy atom. The highest BCUT2D eigenvalue weighted by atomic mass is 32.5. The standard InChI is InChI=1S/C16H20NO2PS/c1-3-12-18-20(17,21)19-16-11-7-10-15(13(16)2)14-8-5-4-6-9-14/h4-11H,3,12H2,1-2H3,(H2,17,21)/t20-/m0/s1. The lowest BCUT2D eigenvalue weighted by Gasteiger charge is -2.20. The summed E-state index contributed by atoms with van der Waals surface area (Å²) in [5, 5.41) is 0. The molecule has 0 bridgehead atoms. The van der Waals surface area contributed by atoms with Crippen LogP contribution in [0.3, 0.4) is 0 Å². The van der Waals surface area contributed by atoms with E-state index in [0.29, 0.717) is 12.4 Å². The molecule has 2 rings (SSSR count). The molecule has 1 atom stereocenters. The molecule has 0 amide bonds. The van der Waals surface area contributed by atoms with Gasteiger partial charge in [0.25, 0.3) is 0 Å². The third-order valence-electron chi connectivity index (χ3n) is 3.07. The zero-order chi connectivity index (χ0) is 15.3. The van der Waals surface area contributed by atoms with Gasteiger partial charge in [-0.2, -0.15) is 0 Å². The van der Waals surface area contributed by atoms with Crippen molar-refractivity contribution in [3.8, 4) is 16.9 Å². The summed E-state index contributed by atoms with van der Waals surface area (Å²) in [5.74, 6) is 0.693. The van der Waals surface area contributed by atoms with E-state index in [-0.39, 0.29) is 0 Å². The zero-order valence-corrected chi connectivity index (χ0v) is 14.0. The highest BCUT2D eigenvalue weighted by Gasteiger charge is 2.16. The lowest BCUT2D eigenvalue weighted by atomic mass is 10.0. The molecule has 0 fully saturated rings. The van der Waals surface area contributed by atoms with Crippen molar-refractivity contribution in [2.24, 2.45) is 5.50 Å². The van der Waals surface area contributed by atoms with Crippen molar-refractivity contribution in [2.75, 3.05) is 6.61 Å². The van der Waals surface area contributed by atoms with Gasteiger partial charge in [-0.05, 0) is 47.9 Å². The van der Waals surface area contributed by atoms with Gasteiger partial charge in [0.05, 0.1) is 6.61 Å². The first-order valence-electron chi connectivity index (χ1n) is 6.91. The minimum Gasteiger partial charge on any atom is -0.433 e. The average Bonchev–Trinajstić information content (AvgIpc) is 2.48. The highest BCUT2D eigenvalue weighted by molar-refractivity contribution is 8.09. The molecule has 2 N–H and O–H groups in total. The molecule has 112 valence electrons. The molecule has 2 aromatic carbocycles. The van der Waals surface area contributed by atoms with Gasteiger partial charge in [0.15, 0.2) is 0 Å². The molecule has 0 heterocycles. The fraction of sp³-hybridized carbons (Fsp3) is 0.250. The van der Waals surface area contributed by atoms with Crippen LogP contribution in [0.15, 0.2) is 48.5 Å². The van der Waals surface area contributed by atoms with Gasteiger partial charge in [-0.1, -0.05) is 49.4 Å². The number of benzene rings is 2. The number of rotatable bonds is 6. The average molecular weight is 321 g/mol. The van der Waals surface area contributed by atoms with Gasteiger partial charge >= 0.3 is 6.64 Å². The Morgan fingerprint density at radius 2 is 1.81 bits per heavy atom. The molecule has 2 aromatic rings. The molecule has 0 saturated heterocycles. The van der Waals surface area contributed by atoms with Crippen LogP contribution in [0.1, 0.15) is 18.9 Å². The monoisotopic (exact) mass is 321 g/mol. The van der Waals surface area contributed by atoms with Crippen molar-refractivity contribution in [3.63, 3.8) is 0 Å². The van der Waals surface area contributed by atoms with Crippen LogP contribution in [0.2, 0.25) is 0 Å². The van der Waals surface area contributed by atoms with Gasteiger partial charge in [0.1, 0.15) is 5.75 Å². The van der Waals surface area contributed by atoms with Crippen molar-refractivity contribution < 1.29 is 9.05 Å². The van der Waals surface area contributed by atoms with E-state index in [4.69, 9.17) is 26.4 Å². The number of nitrogens with two attached hydrogens (primary N) is 1. The van der Waals surface area contributed by atoms with E-state index >= 15 is 0 Å². The first-order chi connectivity index (χ1) is 10.0. The molecule has 0 aliphatic heterocycles. The molecule has 0 spiro atoms. The SMILES string of the molecule is CCCO[P@](N)(=S)Oc1cccc(-c2ccccc2)c1C. The second-order valence-electron chi connectivity index (χ2n) is 4.76. The molecule has 0 aliphatic carbocycles. The van der Waals surface area contributed by atoms with Crippen LogP contribution in [-0.2, 0) is 16.3 Å². The molecule has 21 heavy (non-hydrogen) atoms. The van der Waals surface area contributed by atoms with E-state index < -0.39 is 6.64 Å². The Labute approximate surface area is 131 Å². The smallest absolute Gasteiger partial charge is 0.310 e. The van der Waals surface area contributed by atoms with Crippen molar-refractivity contribution in [3.05, 3.63) is 54.1 Å². The van der Waals surface area contributed by atoms with Gasteiger partial charge in [0.2, 0.25) is 0 Å². The second-order valence-corrected chi connectivity index (χ2v) is 7.81. The van der Waals surface area contributed by atoms with Crippen LogP contribution in [-0.4, -0.2) is 6.61 Å². The summed E-state index contributed by atoms with van der Waals surface area (Å²) >= 11 is 5.25. The quantitative estimate of drug-likeness (QED) is 0.787. The molecule has 5 heteroatoms. The van der Waals surface area contributed by atoms with Crippen LogP contribution >= 0.6 is 6.64 Å². The molecule has 3 nitrogen and oxygen atoms in total. The fourth-order valence-corrected chi connectivity index (χ4v) is 3.45. The molecule has 0 radical (unpaired) electrons. The van der Waals surface area contributed by atoms with Crippen molar-refractivity contribution in [1.82, 2.24) is 0 Å². The van der Waals surface area contributed by atoms with Crippen LogP contribution in [0, 0.1) is 6.92 Å². The lowest BCUT2D eigenvalue weighted by molar-refractivity contribution is 0.311. The number of hydrogen-bond acceptors (Lipinski definition) is 3. The Balaban J connectivity index is 2.29. The second kappa shape index (κ2) is 7.19. The predicted molar refractivity (Wildman–Crippen MR) is 92.0 cm³/mol. The van der Waals surface area contributed by atoms with Crippen molar-refractivity contribution in [2.45, 2.75) is 20.3 Å². The molecular formula is C16H20NO2PS. The maximum Gasteiger partial charge on any atom is 0.310 e. The van der Waals surface area contributed by atoms with Crippen LogP contribution < -0.4 is 10.0 Å². The third-order valence-corrected chi connectivity index (χ3v) is 4.60. The van der Waals surface area contributed by atoms with Gasteiger partial charge in [-0.15, -0.1) is 0 Å². The lowest BCUT2D eigenvalue weighted by Crippen LogP contribution is -2.07. The van der Waals surface area contributed by atoms with E-state index in [1.807, 2.05) is 44.2 Å². The van der Waals surface area contributed by atoms with Gasteiger partial charge in [-0.25, -0.2) is 5.50 Å². The van der Waals surface area contributed by atoms with Crippen LogP contribution in [0.5, 0.6) is 5.75 Å². The van der Waals surface area contributed by atoms with Gasteiger partial charge in [-0.3, -0.25) is 0 Å². The highest BCUT2D eigenvalue weighted by Crippen LogP contribution is 2.43. The summed E-state index contributed by atoms with van der Waals surface area (Å²) in [7, 11) is 0. The summed E-state index contributed by atoms with van der Waals surface area (Å²) in [4.78, 5) is 0. The fourth-order valence-electron chi connectivity index (χ4n) is 2.03. The largest absolute Gasteiger partial charge is 0.433 e. The Morgan fingerprint density at radius 3 is 2.48 bits per heavy atom. The Kier molecular flexibility index (Phi) is 5.54. The zero-order valence-electron chi connectivity index (χ0n) is 12.3. The summed E-state index contributed by atoms with van der Waals surface area (Å²) in [6.07, 6.45) is 0.863. The summed E-state index contributed by atoms with van der Waals surface area (Å²) < 4.78 is 11.2. The van der Waals surface area contributed by atoms with E-state index in [0.717, 1.165) is 23.1 Å². The number of hydrogen-bond donors (Lipinski definition) is 1.